The third-order valence-electron chi connectivity index (χ3n) is 2.75. The zero-order chi connectivity index (χ0) is 9.42. The number of halogens is 1. The van der Waals surface area contributed by atoms with Gasteiger partial charge in [0.05, 0.1) is 5.69 Å². The highest BCUT2D eigenvalue weighted by Crippen LogP contribution is 2.31. The standard InChI is InChI=1S/C9H14BrN3/c1-6-8-7(5-11)3-2-4-13(8)9(10)12-6/h7H,2-5,11H2,1H3. The van der Waals surface area contributed by atoms with Crippen molar-refractivity contribution in [1.82, 2.24) is 9.55 Å². The van der Waals surface area contributed by atoms with Crippen molar-refractivity contribution >= 4 is 15.9 Å². The molecule has 13 heavy (non-hydrogen) atoms. The number of imidazole rings is 1. The van der Waals surface area contributed by atoms with E-state index in [1.54, 1.807) is 0 Å². The zero-order valence-electron chi connectivity index (χ0n) is 7.76. The molecule has 2 N–H and O–H groups in total. The lowest BCUT2D eigenvalue weighted by Gasteiger charge is -2.23. The lowest BCUT2D eigenvalue weighted by Crippen LogP contribution is -2.22. The van der Waals surface area contributed by atoms with Gasteiger partial charge in [0.15, 0.2) is 4.73 Å². The van der Waals surface area contributed by atoms with Crippen LogP contribution in [0, 0.1) is 6.92 Å². The van der Waals surface area contributed by atoms with Gasteiger partial charge in [0.1, 0.15) is 0 Å². The Morgan fingerprint density at radius 1 is 1.69 bits per heavy atom. The number of fused-ring (bicyclic) bond motifs is 1. The van der Waals surface area contributed by atoms with Crippen molar-refractivity contribution in [3.05, 3.63) is 16.1 Å². The summed E-state index contributed by atoms with van der Waals surface area (Å²) in [5.41, 5.74) is 8.20. The molecule has 0 fully saturated rings. The Morgan fingerprint density at radius 3 is 3.15 bits per heavy atom. The van der Waals surface area contributed by atoms with Crippen LogP contribution in [0.5, 0.6) is 0 Å². The van der Waals surface area contributed by atoms with E-state index in [4.69, 9.17) is 5.73 Å². The maximum absolute atomic E-state index is 5.74. The van der Waals surface area contributed by atoms with Crippen LogP contribution in [0.15, 0.2) is 4.73 Å². The molecule has 1 atom stereocenters. The number of aryl methyl sites for hydroxylation is 1. The maximum atomic E-state index is 5.74. The quantitative estimate of drug-likeness (QED) is 0.818. The molecule has 1 aromatic rings. The zero-order valence-corrected chi connectivity index (χ0v) is 9.34. The second-order valence-corrected chi connectivity index (χ2v) is 4.29. The van der Waals surface area contributed by atoms with E-state index < -0.39 is 0 Å². The van der Waals surface area contributed by atoms with Crippen LogP contribution in [0.1, 0.15) is 30.1 Å². The molecule has 1 unspecified atom stereocenters. The molecule has 0 amide bonds. The highest BCUT2D eigenvalue weighted by molar-refractivity contribution is 9.10. The first kappa shape index (κ1) is 9.21. The van der Waals surface area contributed by atoms with Gasteiger partial charge in [-0.2, -0.15) is 0 Å². The first-order valence-electron chi connectivity index (χ1n) is 4.66. The monoisotopic (exact) mass is 243 g/mol. The predicted molar refractivity (Wildman–Crippen MR) is 55.7 cm³/mol. The van der Waals surface area contributed by atoms with Gasteiger partial charge in [-0.25, -0.2) is 4.98 Å². The van der Waals surface area contributed by atoms with Gasteiger partial charge in [-0.3, -0.25) is 0 Å². The fourth-order valence-corrected chi connectivity index (χ4v) is 2.78. The molecule has 0 bridgehead atoms. The average Bonchev–Trinajstić information content (AvgIpc) is 2.43. The van der Waals surface area contributed by atoms with Gasteiger partial charge in [-0.05, 0) is 35.7 Å². The fourth-order valence-electron chi connectivity index (χ4n) is 2.14. The van der Waals surface area contributed by atoms with Crippen LogP contribution in [0.25, 0.3) is 0 Å². The first-order chi connectivity index (χ1) is 6.24. The Balaban J connectivity index is 2.48. The molecule has 2 heterocycles. The van der Waals surface area contributed by atoms with Crippen molar-refractivity contribution in [2.45, 2.75) is 32.2 Å². The second kappa shape index (κ2) is 3.42. The lowest BCUT2D eigenvalue weighted by atomic mass is 9.95. The van der Waals surface area contributed by atoms with Gasteiger partial charge in [0.2, 0.25) is 0 Å². The van der Waals surface area contributed by atoms with Gasteiger partial charge < -0.3 is 10.3 Å². The Morgan fingerprint density at radius 2 is 2.46 bits per heavy atom. The molecule has 3 nitrogen and oxygen atoms in total. The normalized spacial score (nSPS) is 21.6. The van der Waals surface area contributed by atoms with E-state index in [9.17, 15) is 0 Å². The Hall–Kier alpha value is -0.350. The molecule has 0 spiro atoms. The summed E-state index contributed by atoms with van der Waals surface area (Å²) in [6.07, 6.45) is 2.42. The van der Waals surface area contributed by atoms with Gasteiger partial charge >= 0.3 is 0 Å². The number of nitrogens with zero attached hydrogens (tertiary/aromatic N) is 2. The molecule has 1 aliphatic rings. The van der Waals surface area contributed by atoms with Crippen LogP contribution < -0.4 is 5.73 Å². The highest BCUT2D eigenvalue weighted by Gasteiger charge is 2.24. The van der Waals surface area contributed by atoms with Gasteiger partial charge in [0.25, 0.3) is 0 Å². The van der Waals surface area contributed by atoms with Crippen LogP contribution in [0.4, 0.5) is 0 Å². The first-order valence-corrected chi connectivity index (χ1v) is 5.46. The van der Waals surface area contributed by atoms with E-state index >= 15 is 0 Å². The van der Waals surface area contributed by atoms with Crippen molar-refractivity contribution in [3.63, 3.8) is 0 Å². The molecule has 0 aromatic carbocycles. The van der Waals surface area contributed by atoms with Crippen molar-refractivity contribution in [2.75, 3.05) is 6.54 Å². The largest absolute Gasteiger partial charge is 0.330 e. The molecule has 0 saturated carbocycles. The average molecular weight is 244 g/mol. The molecule has 1 aromatic heterocycles. The molecule has 4 heteroatoms. The SMILES string of the molecule is Cc1nc(Br)n2c1C(CN)CCC2. The van der Waals surface area contributed by atoms with Gasteiger partial charge in [0, 0.05) is 24.7 Å². The third kappa shape index (κ3) is 1.42. The number of hydrogen-bond donors (Lipinski definition) is 1. The maximum Gasteiger partial charge on any atom is 0.177 e. The fraction of sp³-hybridized carbons (Fsp3) is 0.667. The Bertz CT molecular complexity index is 319. The number of aromatic nitrogens is 2. The van der Waals surface area contributed by atoms with Crippen molar-refractivity contribution in [3.8, 4) is 0 Å². The summed E-state index contributed by atoms with van der Waals surface area (Å²) >= 11 is 3.47. The van der Waals surface area contributed by atoms with E-state index in [-0.39, 0.29) is 0 Å². The smallest absolute Gasteiger partial charge is 0.177 e. The molecule has 0 radical (unpaired) electrons. The predicted octanol–water partition coefficient (Wildman–Crippen LogP) is 1.79. The summed E-state index contributed by atoms with van der Waals surface area (Å²) < 4.78 is 3.20. The van der Waals surface area contributed by atoms with E-state index in [0.717, 1.165) is 23.5 Å². The lowest BCUT2D eigenvalue weighted by molar-refractivity contribution is 0.452. The Labute approximate surface area is 86.5 Å². The van der Waals surface area contributed by atoms with Gasteiger partial charge in [-0.1, -0.05) is 0 Å². The summed E-state index contributed by atoms with van der Waals surface area (Å²) in [7, 11) is 0. The molecular formula is C9H14BrN3. The van der Waals surface area contributed by atoms with E-state index in [1.165, 1.54) is 18.5 Å². The van der Waals surface area contributed by atoms with E-state index in [2.05, 4.69) is 32.4 Å². The minimum absolute atomic E-state index is 0.507. The summed E-state index contributed by atoms with van der Waals surface area (Å²) in [4.78, 5) is 4.41. The van der Waals surface area contributed by atoms with Crippen LogP contribution in [-0.2, 0) is 6.54 Å². The number of hydrogen-bond acceptors (Lipinski definition) is 2. The van der Waals surface area contributed by atoms with Crippen LogP contribution in [0.2, 0.25) is 0 Å². The summed E-state index contributed by atoms with van der Waals surface area (Å²) in [5, 5.41) is 0. The van der Waals surface area contributed by atoms with E-state index in [0.29, 0.717) is 5.92 Å². The number of nitrogens with two attached hydrogens (primary N) is 1. The minimum atomic E-state index is 0.507. The third-order valence-corrected chi connectivity index (χ3v) is 3.36. The van der Waals surface area contributed by atoms with Gasteiger partial charge in [-0.15, -0.1) is 0 Å². The molecule has 1 aliphatic heterocycles. The molecule has 72 valence electrons. The van der Waals surface area contributed by atoms with Crippen LogP contribution >= 0.6 is 15.9 Å². The van der Waals surface area contributed by atoms with Crippen molar-refractivity contribution < 1.29 is 0 Å². The number of rotatable bonds is 1. The van der Waals surface area contributed by atoms with Crippen molar-refractivity contribution in [1.29, 1.82) is 0 Å². The van der Waals surface area contributed by atoms with E-state index in [1.807, 2.05) is 0 Å². The minimum Gasteiger partial charge on any atom is -0.330 e. The highest BCUT2D eigenvalue weighted by atomic mass is 79.9. The summed E-state index contributed by atoms with van der Waals surface area (Å²) in [6, 6.07) is 0. The molecular weight excluding hydrogens is 230 g/mol. The topological polar surface area (TPSA) is 43.8 Å². The molecule has 0 saturated heterocycles. The second-order valence-electron chi connectivity index (χ2n) is 3.58. The van der Waals surface area contributed by atoms with Crippen LogP contribution in [0.3, 0.4) is 0 Å². The Kier molecular flexibility index (Phi) is 2.43. The molecule has 0 aliphatic carbocycles. The molecule has 2 rings (SSSR count). The summed E-state index contributed by atoms with van der Waals surface area (Å²) in [5.74, 6) is 0.507. The van der Waals surface area contributed by atoms with Crippen LogP contribution in [-0.4, -0.2) is 16.1 Å². The summed E-state index contributed by atoms with van der Waals surface area (Å²) in [6.45, 7) is 3.87. The van der Waals surface area contributed by atoms with Crippen molar-refractivity contribution in [2.24, 2.45) is 5.73 Å².